The Morgan fingerprint density at radius 3 is 1.02 bits per heavy atom. The zero-order valence-electron chi connectivity index (χ0n) is 32.8. The van der Waals surface area contributed by atoms with Crippen LogP contribution in [0.2, 0.25) is 0 Å². The summed E-state index contributed by atoms with van der Waals surface area (Å²) in [5, 5.41) is 17.5. The number of benzene rings is 8. The molecule has 0 N–H and O–H groups in total. The van der Waals surface area contributed by atoms with Gasteiger partial charge in [-0.1, -0.05) is 168 Å². The van der Waals surface area contributed by atoms with E-state index in [4.69, 9.17) is 34.8 Å². The fourth-order valence-electron chi connectivity index (χ4n) is 8.08. The maximum Gasteiger partial charge on any atom is 0.170 e. The first-order valence-corrected chi connectivity index (χ1v) is 27.4. The molecule has 0 aliphatic carbocycles. The van der Waals surface area contributed by atoms with Crippen LogP contribution in [0.1, 0.15) is 34.3 Å². The molecule has 0 aromatic heterocycles. The van der Waals surface area contributed by atoms with Crippen LogP contribution in [0.4, 0.5) is 0 Å². The van der Waals surface area contributed by atoms with Crippen molar-refractivity contribution in [3.8, 4) is 11.5 Å². The molecule has 8 aromatic rings. The van der Waals surface area contributed by atoms with Gasteiger partial charge in [0.15, 0.2) is 11.5 Å². The van der Waals surface area contributed by atoms with Gasteiger partial charge in [-0.15, -0.1) is 25.2 Å². The van der Waals surface area contributed by atoms with E-state index in [1.807, 2.05) is 0 Å². The van der Waals surface area contributed by atoms with Gasteiger partial charge in [-0.05, 0) is 72.8 Å². The van der Waals surface area contributed by atoms with Crippen LogP contribution in [0.25, 0.3) is 10.6 Å². The molecule has 0 saturated heterocycles. The van der Waals surface area contributed by atoms with Gasteiger partial charge >= 0.3 is 34.5 Å². The summed E-state index contributed by atoms with van der Waals surface area (Å²) in [5.74, 6) is 1.85. The molecular weight excluding hydrogens is 903 g/mol. The Morgan fingerprint density at radius 2 is 0.667 bits per heavy atom. The van der Waals surface area contributed by atoms with Gasteiger partial charge in [0.05, 0.1) is 0 Å². The van der Waals surface area contributed by atoms with Crippen molar-refractivity contribution >= 4 is 67.1 Å². The van der Waals surface area contributed by atoms with Crippen molar-refractivity contribution in [1.82, 2.24) is 0 Å². The van der Waals surface area contributed by atoms with E-state index >= 15 is 0 Å². The quantitative estimate of drug-likeness (QED) is 0.105. The van der Waals surface area contributed by atoms with Crippen LogP contribution in [-0.2, 0) is 28.2 Å². The molecule has 3 nitrogen and oxygen atoms in total. The number of halogens is 2. The van der Waals surface area contributed by atoms with Crippen molar-refractivity contribution in [3.63, 3.8) is 0 Å². The van der Waals surface area contributed by atoms with Crippen molar-refractivity contribution < 1.29 is 19.9 Å². The second-order valence-electron chi connectivity index (χ2n) is 14.3. The fraction of sp³-hybridized carbons (Fsp3) is 0.0769. The molecular formula is C52H44Cl2N2OP2Ru+2. The summed E-state index contributed by atoms with van der Waals surface area (Å²) in [6, 6.07) is 78.2. The molecule has 0 bridgehead atoms. The van der Waals surface area contributed by atoms with Gasteiger partial charge in [0.25, 0.3) is 0 Å². The molecule has 2 heterocycles. The molecule has 8 aromatic carbocycles. The molecule has 0 saturated carbocycles. The van der Waals surface area contributed by atoms with Gasteiger partial charge < -0.3 is 15.4 Å². The third kappa shape index (κ3) is 10.0. The Morgan fingerprint density at radius 1 is 0.383 bits per heavy atom. The van der Waals surface area contributed by atoms with Crippen molar-refractivity contribution in [2.24, 2.45) is 0 Å². The predicted octanol–water partition coefficient (Wildman–Crippen LogP) is 12.1. The number of fused-ring (bicyclic) bond motifs is 2. The van der Waals surface area contributed by atoms with E-state index in [2.05, 4.69) is 218 Å². The number of hydrogen-bond donors (Lipinski definition) is 0. The van der Waals surface area contributed by atoms with Crippen LogP contribution in [-0.4, -0.2) is 0 Å². The second kappa shape index (κ2) is 21.4. The summed E-state index contributed by atoms with van der Waals surface area (Å²) >= 11 is -0.346. The minimum absolute atomic E-state index is 0.227. The maximum absolute atomic E-state index is 6.94. The SMILES string of the molecule is [Cl][Ru+2][Cl].c1ccc([PH+](c2ccccc2)c2ccccc2Oc2ccccc2[PH+](c2ccccc2)c2ccccc2)cc1.c1ccc2c(c1)C[N-]C2C1[N-]Cc2ccccc21. The summed E-state index contributed by atoms with van der Waals surface area (Å²) in [6.45, 7) is 1.68. The smallest absolute Gasteiger partial charge is 0.170 e. The number of para-hydroxylation sites is 2. The number of ether oxygens (including phenoxy) is 1. The third-order valence-corrected chi connectivity index (χ3v) is 16.3. The van der Waals surface area contributed by atoms with Crippen LogP contribution in [0, 0.1) is 0 Å². The van der Waals surface area contributed by atoms with Gasteiger partial charge in [0, 0.05) is 0 Å². The number of hydrogen-bond acceptors (Lipinski definition) is 1. The molecule has 298 valence electrons. The Bertz CT molecular complexity index is 2310. The average molecular weight is 947 g/mol. The first kappa shape index (κ1) is 42.2. The minimum Gasteiger partial charge on any atom is -0.653 e. The van der Waals surface area contributed by atoms with E-state index in [9.17, 15) is 0 Å². The van der Waals surface area contributed by atoms with E-state index in [1.165, 1.54) is 54.1 Å². The van der Waals surface area contributed by atoms with E-state index in [0.29, 0.717) is 0 Å². The largest absolute Gasteiger partial charge is 0.653 e. The standard InChI is InChI=1S/C36H28OP2.C16H14N2.2ClH.Ru/c1-5-17-29(18-6-1)38(30-19-7-2-8-20-30)35-27-15-13-25-33(35)37-34-26-14-16-28-36(34)39(31-21-9-3-10-22-31)32-23-11-4-12-24-32;1-3-7-13-11(5-1)9-17-15(13)16-14-8-4-2-6-12(14)10-18-16;;;/h1-28H;1-8,15-16H,9-10H2;2*1H;/q;-2;;;+4. The summed E-state index contributed by atoms with van der Waals surface area (Å²) in [7, 11) is 7.15. The van der Waals surface area contributed by atoms with E-state index in [1.54, 1.807) is 0 Å². The Kier molecular flexibility index (Phi) is 15.0. The predicted molar refractivity (Wildman–Crippen MR) is 257 cm³/mol. The van der Waals surface area contributed by atoms with Crippen LogP contribution in [0.3, 0.4) is 0 Å². The first-order chi connectivity index (χ1) is 29.7. The molecule has 8 heteroatoms. The first-order valence-electron chi connectivity index (χ1n) is 19.9. The molecule has 0 fully saturated rings. The van der Waals surface area contributed by atoms with Crippen molar-refractivity contribution in [2.45, 2.75) is 25.2 Å². The normalized spacial score (nSPS) is 14.9. The Hall–Kier alpha value is -4.46. The van der Waals surface area contributed by atoms with E-state index < -0.39 is 15.8 Å². The van der Waals surface area contributed by atoms with E-state index in [-0.39, 0.29) is 27.2 Å². The summed E-state index contributed by atoms with van der Waals surface area (Å²) in [5.41, 5.74) is 5.45. The van der Waals surface area contributed by atoms with Crippen LogP contribution < -0.4 is 36.6 Å². The summed E-state index contributed by atoms with van der Waals surface area (Å²) in [4.78, 5) is 0. The molecule has 60 heavy (non-hydrogen) atoms. The number of rotatable bonds is 9. The third-order valence-electron chi connectivity index (χ3n) is 10.7. The molecule has 0 radical (unpaired) electrons. The van der Waals surface area contributed by atoms with Crippen LogP contribution in [0.5, 0.6) is 11.5 Å². The van der Waals surface area contributed by atoms with Crippen molar-refractivity contribution in [3.05, 3.63) is 251 Å². The molecule has 0 spiro atoms. The zero-order chi connectivity index (χ0) is 40.9. The van der Waals surface area contributed by atoms with E-state index in [0.717, 1.165) is 24.6 Å². The molecule has 2 atom stereocenters. The van der Waals surface area contributed by atoms with Gasteiger partial charge in [0.1, 0.15) is 47.7 Å². The van der Waals surface area contributed by atoms with Crippen LogP contribution in [0.15, 0.2) is 218 Å². The number of nitrogens with zero attached hydrogens (tertiary/aromatic N) is 2. The van der Waals surface area contributed by atoms with Gasteiger partial charge in [0.2, 0.25) is 0 Å². The summed E-state index contributed by atoms with van der Waals surface area (Å²) in [6.07, 6.45) is 0. The monoisotopic (exact) mass is 946 g/mol. The Balaban J connectivity index is 0.000000196. The van der Waals surface area contributed by atoms with Crippen LogP contribution >= 0.6 is 35.2 Å². The fourth-order valence-corrected chi connectivity index (χ4v) is 13.4. The van der Waals surface area contributed by atoms with Crippen molar-refractivity contribution in [1.29, 1.82) is 0 Å². The van der Waals surface area contributed by atoms with Crippen molar-refractivity contribution in [2.75, 3.05) is 0 Å². The maximum atomic E-state index is 6.94. The van der Waals surface area contributed by atoms with Gasteiger partial charge in [-0.3, -0.25) is 0 Å². The molecule has 2 aliphatic rings. The van der Waals surface area contributed by atoms with Gasteiger partial charge in [-0.25, -0.2) is 0 Å². The zero-order valence-corrected chi connectivity index (χ0v) is 38.0. The molecule has 0 amide bonds. The van der Waals surface area contributed by atoms with Gasteiger partial charge in [-0.2, -0.15) is 0 Å². The minimum atomic E-state index is -1.28. The topological polar surface area (TPSA) is 37.4 Å². The molecule has 2 aliphatic heterocycles. The average Bonchev–Trinajstić information content (AvgIpc) is 3.94. The summed E-state index contributed by atoms with van der Waals surface area (Å²) < 4.78 is 6.94. The Labute approximate surface area is 372 Å². The second-order valence-corrected chi connectivity index (χ2v) is 21.9. The molecule has 10 rings (SSSR count). The molecule has 2 unspecified atom stereocenters.